The highest BCUT2D eigenvalue weighted by Gasteiger charge is 2.31. The summed E-state index contributed by atoms with van der Waals surface area (Å²) in [6.07, 6.45) is 0. The molecule has 4 aromatic heterocycles. The first-order valence-electron chi connectivity index (χ1n) is 15.0. The third kappa shape index (κ3) is 4.21. The van der Waals surface area contributed by atoms with E-state index in [-0.39, 0.29) is 0 Å². The van der Waals surface area contributed by atoms with Crippen LogP contribution < -0.4 is 0 Å². The highest BCUT2D eigenvalue weighted by molar-refractivity contribution is 8.05. The Hall–Kier alpha value is -4.04. The number of thiophene rings is 3. The predicted molar refractivity (Wildman–Crippen MR) is 201 cm³/mol. The quantitative estimate of drug-likeness (QED) is 0.184. The smallest absolute Gasteiger partial charge is 0.154 e. The minimum Gasteiger partial charge on any atom is -0.454 e. The molecule has 1 aliphatic rings. The molecule has 0 radical (unpaired) electrons. The summed E-state index contributed by atoms with van der Waals surface area (Å²) >= 11 is 9.15. The standard InChI is InChI=1S/C40H22OS5/c1-3-14-27-23(10-1)22-34(43-27)37-36(25-12-7-18-31-35(25)24-11-2-4-15-28(24)44-31)38(41-39(37)32-20-9-21-42-32)26-13-8-19-33-40(26)46-30-17-6-5-16-29(30)45-33/h1-22H. The molecule has 0 unspecified atom stereocenters. The van der Waals surface area contributed by atoms with Crippen LogP contribution in [-0.2, 0) is 0 Å². The van der Waals surface area contributed by atoms with Gasteiger partial charge in [0.05, 0.1) is 4.88 Å². The summed E-state index contributed by atoms with van der Waals surface area (Å²) in [5, 5.41) is 5.99. The summed E-state index contributed by atoms with van der Waals surface area (Å²) < 4.78 is 11.1. The fourth-order valence-electron chi connectivity index (χ4n) is 6.51. The minimum absolute atomic E-state index is 0.933. The van der Waals surface area contributed by atoms with Gasteiger partial charge in [0.1, 0.15) is 5.76 Å². The molecule has 0 spiro atoms. The Morgan fingerprint density at radius 1 is 0.478 bits per heavy atom. The molecule has 0 saturated heterocycles. The van der Waals surface area contributed by atoms with Crippen LogP contribution in [0.1, 0.15) is 0 Å². The number of furan rings is 1. The second-order valence-electron chi connectivity index (χ2n) is 11.2. The van der Waals surface area contributed by atoms with E-state index in [4.69, 9.17) is 4.42 Å². The molecule has 0 saturated carbocycles. The van der Waals surface area contributed by atoms with Crippen LogP contribution in [-0.4, -0.2) is 0 Å². The fraction of sp³-hybridized carbons (Fsp3) is 0. The Bertz CT molecular complexity index is 2570. The highest BCUT2D eigenvalue weighted by atomic mass is 32.2. The van der Waals surface area contributed by atoms with Gasteiger partial charge in [0.2, 0.25) is 0 Å². The maximum absolute atomic E-state index is 7.27. The zero-order valence-electron chi connectivity index (χ0n) is 24.2. The van der Waals surface area contributed by atoms with Crippen molar-refractivity contribution in [2.24, 2.45) is 0 Å². The Morgan fingerprint density at radius 2 is 1.22 bits per heavy atom. The SMILES string of the molecule is c1csc(-c2oc(-c3cccc4c3Sc3ccccc3S4)c(-c3cccc4sc5ccccc5c34)c2-c2cc3ccccc3s2)c1. The van der Waals surface area contributed by atoms with Crippen molar-refractivity contribution < 1.29 is 4.42 Å². The first-order valence-corrected chi connectivity index (χ1v) is 19.1. The van der Waals surface area contributed by atoms with Gasteiger partial charge in [-0.1, -0.05) is 96.3 Å². The lowest BCUT2D eigenvalue weighted by molar-refractivity contribution is 0.598. The lowest BCUT2D eigenvalue weighted by Gasteiger charge is -2.20. The summed E-state index contributed by atoms with van der Waals surface area (Å²) in [5.41, 5.74) is 4.70. The number of rotatable bonds is 4. The predicted octanol–water partition coefficient (Wildman–Crippen LogP) is 14.2. The average molecular weight is 679 g/mol. The second kappa shape index (κ2) is 10.8. The molecule has 5 aromatic carbocycles. The van der Waals surface area contributed by atoms with E-state index in [9.17, 15) is 0 Å². The normalized spacial score (nSPS) is 12.6. The van der Waals surface area contributed by atoms with E-state index in [1.54, 1.807) is 11.3 Å². The topological polar surface area (TPSA) is 13.1 Å². The fourth-order valence-corrected chi connectivity index (χ4v) is 11.8. The minimum atomic E-state index is 0.933. The first kappa shape index (κ1) is 27.1. The van der Waals surface area contributed by atoms with Crippen LogP contribution in [0.15, 0.2) is 157 Å². The van der Waals surface area contributed by atoms with Crippen molar-refractivity contribution in [3.63, 3.8) is 0 Å². The van der Waals surface area contributed by atoms with Gasteiger partial charge in [-0.15, -0.1) is 34.0 Å². The summed E-state index contributed by atoms with van der Waals surface area (Å²) in [7, 11) is 0. The van der Waals surface area contributed by atoms with Crippen molar-refractivity contribution in [2.45, 2.75) is 19.6 Å². The van der Waals surface area contributed by atoms with Crippen molar-refractivity contribution in [1.82, 2.24) is 0 Å². The zero-order chi connectivity index (χ0) is 30.2. The van der Waals surface area contributed by atoms with Gasteiger partial charge in [-0.25, -0.2) is 0 Å². The molecular weight excluding hydrogens is 657 g/mol. The van der Waals surface area contributed by atoms with Crippen molar-refractivity contribution in [2.75, 3.05) is 0 Å². The zero-order valence-corrected chi connectivity index (χ0v) is 28.2. The lowest BCUT2D eigenvalue weighted by Crippen LogP contribution is -1.93. The molecule has 0 fully saturated rings. The highest BCUT2D eigenvalue weighted by Crippen LogP contribution is 2.57. The monoisotopic (exact) mass is 678 g/mol. The van der Waals surface area contributed by atoms with Crippen LogP contribution in [0.2, 0.25) is 0 Å². The van der Waals surface area contributed by atoms with Gasteiger partial charge in [0, 0.05) is 66.0 Å². The van der Waals surface area contributed by atoms with Crippen LogP contribution in [0, 0.1) is 0 Å². The van der Waals surface area contributed by atoms with Gasteiger partial charge >= 0.3 is 0 Å². The molecule has 0 amide bonds. The number of fused-ring (bicyclic) bond motifs is 6. The molecule has 1 aliphatic heterocycles. The maximum Gasteiger partial charge on any atom is 0.154 e. The first-order chi connectivity index (χ1) is 22.8. The third-order valence-corrected chi connectivity index (χ3v) is 14.3. The van der Waals surface area contributed by atoms with E-state index < -0.39 is 0 Å². The molecule has 6 heteroatoms. The van der Waals surface area contributed by atoms with Gasteiger partial charge in [-0.3, -0.25) is 0 Å². The molecule has 1 nitrogen and oxygen atoms in total. The van der Waals surface area contributed by atoms with Crippen molar-refractivity contribution >= 4 is 87.8 Å². The van der Waals surface area contributed by atoms with Crippen LogP contribution >= 0.6 is 57.5 Å². The largest absolute Gasteiger partial charge is 0.454 e. The molecule has 0 bridgehead atoms. The Morgan fingerprint density at radius 3 is 2.09 bits per heavy atom. The lowest BCUT2D eigenvalue weighted by atomic mass is 9.92. The molecule has 0 atom stereocenters. The summed E-state index contributed by atoms with van der Waals surface area (Å²) in [4.78, 5) is 7.47. The van der Waals surface area contributed by atoms with Crippen LogP contribution in [0.4, 0.5) is 0 Å². The molecule has 9 aromatic rings. The van der Waals surface area contributed by atoms with E-state index >= 15 is 0 Å². The third-order valence-electron chi connectivity index (χ3n) is 8.50. The van der Waals surface area contributed by atoms with E-state index in [1.807, 2.05) is 46.2 Å². The molecule has 218 valence electrons. The maximum atomic E-state index is 7.27. The van der Waals surface area contributed by atoms with Gasteiger partial charge in [0.25, 0.3) is 0 Å². The van der Waals surface area contributed by atoms with Crippen LogP contribution in [0.25, 0.3) is 73.8 Å². The Labute approximate surface area is 286 Å². The number of hydrogen-bond acceptors (Lipinski definition) is 6. The Kier molecular flexibility index (Phi) is 6.34. The molecule has 5 heterocycles. The summed E-state index contributed by atoms with van der Waals surface area (Å²) in [6.45, 7) is 0. The van der Waals surface area contributed by atoms with Crippen molar-refractivity contribution in [3.8, 4) is 43.5 Å². The van der Waals surface area contributed by atoms with Crippen LogP contribution in [0.3, 0.4) is 0 Å². The van der Waals surface area contributed by atoms with Crippen LogP contribution in [0.5, 0.6) is 0 Å². The summed E-state index contributed by atoms with van der Waals surface area (Å²) in [6, 6.07) is 46.3. The molecular formula is C40H22OS5. The average Bonchev–Trinajstić information content (AvgIpc) is 3.90. The van der Waals surface area contributed by atoms with E-state index in [0.29, 0.717) is 0 Å². The molecule has 46 heavy (non-hydrogen) atoms. The molecule has 0 N–H and O–H groups in total. The van der Waals surface area contributed by atoms with E-state index in [2.05, 4.69) is 133 Å². The number of hydrogen-bond donors (Lipinski definition) is 0. The van der Waals surface area contributed by atoms with Gasteiger partial charge in [0.15, 0.2) is 5.76 Å². The molecule has 10 rings (SSSR count). The Balaban J connectivity index is 1.34. The van der Waals surface area contributed by atoms with Gasteiger partial charge < -0.3 is 4.42 Å². The second-order valence-corrected chi connectivity index (χ2v) is 16.4. The van der Waals surface area contributed by atoms with E-state index in [1.165, 1.54) is 71.4 Å². The van der Waals surface area contributed by atoms with E-state index in [0.717, 1.165) is 22.0 Å². The van der Waals surface area contributed by atoms with Gasteiger partial charge in [-0.05, 0) is 70.9 Å². The van der Waals surface area contributed by atoms with Crippen molar-refractivity contribution in [1.29, 1.82) is 0 Å². The molecule has 0 aliphatic carbocycles. The summed E-state index contributed by atoms with van der Waals surface area (Å²) in [5.74, 6) is 1.87. The van der Waals surface area contributed by atoms with Crippen molar-refractivity contribution in [3.05, 3.63) is 133 Å². The van der Waals surface area contributed by atoms with Gasteiger partial charge in [-0.2, -0.15) is 0 Å². The number of benzene rings is 5.